The number of hydrogen-bond donors (Lipinski definition) is 1. The summed E-state index contributed by atoms with van der Waals surface area (Å²) in [5.74, 6) is 0. The van der Waals surface area contributed by atoms with Gasteiger partial charge in [0.2, 0.25) is 0 Å². The van der Waals surface area contributed by atoms with Gasteiger partial charge in [0, 0.05) is 24.2 Å². The Kier molecular flexibility index (Phi) is 4.03. The fourth-order valence-electron chi connectivity index (χ4n) is 3.04. The number of para-hydroxylation sites is 1. The van der Waals surface area contributed by atoms with Crippen molar-refractivity contribution in [3.63, 3.8) is 0 Å². The van der Waals surface area contributed by atoms with Crippen molar-refractivity contribution in [2.45, 2.75) is 25.3 Å². The van der Waals surface area contributed by atoms with Crippen LogP contribution in [0.4, 0.5) is 5.69 Å². The Morgan fingerprint density at radius 3 is 3.05 bits per heavy atom. The summed E-state index contributed by atoms with van der Waals surface area (Å²) in [6, 6.07) is 10.8. The number of hydrogen-bond acceptors (Lipinski definition) is 4. The maximum Gasteiger partial charge on any atom is 0.103 e. The lowest BCUT2D eigenvalue weighted by Crippen LogP contribution is -2.40. The molecule has 3 rings (SSSR count). The molecule has 4 nitrogen and oxygen atoms in total. The minimum atomic E-state index is 0.539. The van der Waals surface area contributed by atoms with Crippen molar-refractivity contribution < 1.29 is 0 Å². The van der Waals surface area contributed by atoms with Gasteiger partial charge in [0.1, 0.15) is 6.07 Å². The SMILES string of the molecule is CN1CCCCC1CNc1c(C#N)cnc2ccccc12. The largest absolute Gasteiger partial charge is 0.382 e. The maximum atomic E-state index is 9.33. The zero-order chi connectivity index (χ0) is 14.7. The molecule has 0 amide bonds. The molecule has 4 heteroatoms. The number of likely N-dealkylation sites (tertiary alicyclic amines) is 1. The van der Waals surface area contributed by atoms with Crippen LogP contribution in [-0.4, -0.2) is 36.1 Å². The molecule has 108 valence electrons. The van der Waals surface area contributed by atoms with E-state index in [4.69, 9.17) is 0 Å². The van der Waals surface area contributed by atoms with Crippen LogP contribution in [0.2, 0.25) is 0 Å². The first-order chi connectivity index (χ1) is 10.3. The molecule has 1 aromatic heterocycles. The third-order valence-electron chi connectivity index (χ3n) is 4.33. The van der Waals surface area contributed by atoms with Crippen molar-refractivity contribution in [2.75, 3.05) is 25.5 Å². The maximum absolute atomic E-state index is 9.33. The van der Waals surface area contributed by atoms with E-state index in [0.717, 1.165) is 29.7 Å². The van der Waals surface area contributed by atoms with Gasteiger partial charge in [-0.1, -0.05) is 24.6 Å². The molecule has 0 bridgehead atoms. The molecule has 2 aromatic rings. The molecule has 2 heterocycles. The summed E-state index contributed by atoms with van der Waals surface area (Å²) in [4.78, 5) is 6.76. The Morgan fingerprint density at radius 2 is 2.24 bits per heavy atom. The van der Waals surface area contributed by atoms with Crippen LogP contribution in [0, 0.1) is 11.3 Å². The van der Waals surface area contributed by atoms with Crippen LogP contribution >= 0.6 is 0 Å². The van der Waals surface area contributed by atoms with E-state index < -0.39 is 0 Å². The monoisotopic (exact) mass is 280 g/mol. The summed E-state index contributed by atoms with van der Waals surface area (Å²) in [6.45, 7) is 2.04. The number of benzene rings is 1. The van der Waals surface area contributed by atoms with E-state index in [0.29, 0.717) is 11.6 Å². The van der Waals surface area contributed by atoms with Crippen LogP contribution < -0.4 is 5.32 Å². The number of nitrogens with zero attached hydrogens (tertiary/aromatic N) is 3. The Hall–Kier alpha value is -2.12. The zero-order valence-electron chi connectivity index (χ0n) is 12.3. The fourth-order valence-corrected chi connectivity index (χ4v) is 3.04. The molecule has 1 atom stereocenters. The first-order valence-corrected chi connectivity index (χ1v) is 7.51. The van der Waals surface area contributed by atoms with E-state index >= 15 is 0 Å². The summed E-state index contributed by atoms with van der Waals surface area (Å²) in [5, 5.41) is 13.9. The third kappa shape index (κ3) is 2.84. The first kappa shape index (κ1) is 13.8. The molecule has 1 aliphatic rings. The highest BCUT2D eigenvalue weighted by molar-refractivity contribution is 5.93. The highest BCUT2D eigenvalue weighted by atomic mass is 15.2. The lowest BCUT2D eigenvalue weighted by atomic mass is 10.0. The summed E-state index contributed by atoms with van der Waals surface area (Å²) in [7, 11) is 2.18. The van der Waals surface area contributed by atoms with Crippen molar-refractivity contribution in [3.05, 3.63) is 36.0 Å². The van der Waals surface area contributed by atoms with Gasteiger partial charge in [-0.3, -0.25) is 4.98 Å². The smallest absolute Gasteiger partial charge is 0.103 e. The number of rotatable bonds is 3. The van der Waals surface area contributed by atoms with Gasteiger partial charge in [0.15, 0.2) is 0 Å². The van der Waals surface area contributed by atoms with Gasteiger partial charge >= 0.3 is 0 Å². The zero-order valence-corrected chi connectivity index (χ0v) is 12.3. The molecule has 1 aliphatic heterocycles. The number of aromatic nitrogens is 1. The van der Waals surface area contributed by atoms with Crippen LogP contribution in [0.25, 0.3) is 10.9 Å². The first-order valence-electron chi connectivity index (χ1n) is 7.51. The molecule has 1 N–H and O–H groups in total. The summed E-state index contributed by atoms with van der Waals surface area (Å²) in [5.41, 5.74) is 2.46. The van der Waals surface area contributed by atoms with Crippen molar-refractivity contribution in [1.82, 2.24) is 9.88 Å². The summed E-state index contributed by atoms with van der Waals surface area (Å²) < 4.78 is 0. The van der Waals surface area contributed by atoms with E-state index in [9.17, 15) is 5.26 Å². The van der Waals surface area contributed by atoms with Gasteiger partial charge in [-0.05, 0) is 32.5 Å². The molecule has 0 radical (unpaired) electrons. The van der Waals surface area contributed by atoms with Crippen molar-refractivity contribution in [2.24, 2.45) is 0 Å². The van der Waals surface area contributed by atoms with Crippen LogP contribution in [0.15, 0.2) is 30.5 Å². The highest BCUT2D eigenvalue weighted by Crippen LogP contribution is 2.26. The Balaban J connectivity index is 1.87. The lowest BCUT2D eigenvalue weighted by Gasteiger charge is -2.33. The molecule has 1 unspecified atom stereocenters. The molecule has 1 saturated heterocycles. The molecule has 1 aromatic carbocycles. The number of nitrogens with one attached hydrogen (secondary N) is 1. The lowest BCUT2D eigenvalue weighted by molar-refractivity contribution is 0.194. The predicted octanol–water partition coefficient (Wildman–Crippen LogP) is 3.00. The quantitative estimate of drug-likeness (QED) is 0.939. The standard InChI is InChI=1S/C17H20N4/c1-21-9-5-4-6-14(21)12-20-17-13(10-18)11-19-16-8-3-2-7-15(16)17/h2-3,7-8,11,14H,4-6,9,12H2,1H3,(H,19,20). The third-order valence-corrected chi connectivity index (χ3v) is 4.33. The molecule has 0 spiro atoms. The number of piperidine rings is 1. The topological polar surface area (TPSA) is 52.0 Å². The highest BCUT2D eigenvalue weighted by Gasteiger charge is 2.19. The summed E-state index contributed by atoms with van der Waals surface area (Å²) in [6.07, 6.45) is 5.46. The molecule has 21 heavy (non-hydrogen) atoms. The number of fused-ring (bicyclic) bond motifs is 1. The molecular formula is C17H20N4. The van der Waals surface area contributed by atoms with Crippen molar-refractivity contribution in [3.8, 4) is 6.07 Å². The molecule has 0 aliphatic carbocycles. The van der Waals surface area contributed by atoms with Crippen LogP contribution in [0.1, 0.15) is 24.8 Å². The minimum absolute atomic E-state index is 0.539. The van der Waals surface area contributed by atoms with Gasteiger partial charge < -0.3 is 10.2 Å². The minimum Gasteiger partial charge on any atom is -0.382 e. The predicted molar refractivity (Wildman–Crippen MR) is 85.2 cm³/mol. The van der Waals surface area contributed by atoms with E-state index in [2.05, 4.69) is 28.3 Å². The second-order valence-corrected chi connectivity index (χ2v) is 5.69. The van der Waals surface area contributed by atoms with Gasteiger partial charge in [-0.2, -0.15) is 5.26 Å². The second-order valence-electron chi connectivity index (χ2n) is 5.69. The average molecular weight is 280 g/mol. The van der Waals surface area contributed by atoms with E-state index in [1.54, 1.807) is 6.20 Å². The number of anilines is 1. The molecule has 1 fully saturated rings. The van der Waals surface area contributed by atoms with Gasteiger partial charge in [0.05, 0.1) is 16.8 Å². The van der Waals surface area contributed by atoms with Crippen molar-refractivity contribution in [1.29, 1.82) is 5.26 Å². The Labute approximate surface area is 125 Å². The van der Waals surface area contributed by atoms with E-state index in [1.807, 2.05) is 24.3 Å². The van der Waals surface area contributed by atoms with Crippen molar-refractivity contribution >= 4 is 16.6 Å². The normalized spacial score (nSPS) is 19.3. The van der Waals surface area contributed by atoms with Gasteiger partial charge in [0.25, 0.3) is 0 Å². The van der Waals surface area contributed by atoms with E-state index in [1.165, 1.54) is 19.3 Å². The Morgan fingerprint density at radius 1 is 1.38 bits per heavy atom. The Bertz CT molecular complexity index is 674. The average Bonchev–Trinajstić information content (AvgIpc) is 2.53. The van der Waals surface area contributed by atoms with Crippen LogP contribution in [-0.2, 0) is 0 Å². The number of likely N-dealkylation sites (N-methyl/N-ethyl adjacent to an activating group) is 1. The van der Waals surface area contributed by atoms with Crippen LogP contribution in [0.5, 0.6) is 0 Å². The second kappa shape index (κ2) is 6.11. The van der Waals surface area contributed by atoms with E-state index in [-0.39, 0.29) is 0 Å². The molecular weight excluding hydrogens is 260 g/mol. The number of pyridine rings is 1. The summed E-state index contributed by atoms with van der Waals surface area (Å²) >= 11 is 0. The fraction of sp³-hybridized carbons (Fsp3) is 0.412. The van der Waals surface area contributed by atoms with Crippen LogP contribution in [0.3, 0.4) is 0 Å². The van der Waals surface area contributed by atoms with Gasteiger partial charge in [-0.25, -0.2) is 0 Å². The van der Waals surface area contributed by atoms with Gasteiger partial charge in [-0.15, -0.1) is 0 Å². The molecule has 0 saturated carbocycles. The number of nitriles is 1.